The molecule has 0 spiro atoms. The summed E-state index contributed by atoms with van der Waals surface area (Å²) in [6.45, 7) is 5.97. The third-order valence-electron chi connectivity index (χ3n) is 6.72. The van der Waals surface area contributed by atoms with E-state index >= 15 is 0 Å². The second-order valence-corrected chi connectivity index (χ2v) is 9.70. The molecule has 1 aromatic carbocycles. The molecule has 1 aliphatic heterocycles. The van der Waals surface area contributed by atoms with Crippen molar-refractivity contribution in [3.63, 3.8) is 0 Å². The Morgan fingerprint density at radius 1 is 1.24 bits per heavy atom. The standard InChI is InChI=1S/C25H31F2N7O4/c1-14(2)21-20(33(25(36)37)11-15-5-7-32(3)8-6-15)12-34-22(21)23(28-13-29-34)30-19-9-16(24(35)31-38-4)17(26)10-18(19)27/h9-10,12-15H,5-8,11H2,1-4H3,(H,31,35)(H,36,37)(H,28,29,30). The minimum atomic E-state index is -1.08. The number of rotatable bonds is 8. The van der Waals surface area contributed by atoms with Crippen LogP contribution in [0.4, 0.5) is 30.8 Å². The van der Waals surface area contributed by atoms with E-state index in [9.17, 15) is 23.5 Å². The molecule has 204 valence electrons. The van der Waals surface area contributed by atoms with Gasteiger partial charge in [0.2, 0.25) is 0 Å². The van der Waals surface area contributed by atoms with Crippen LogP contribution in [0.5, 0.6) is 0 Å². The van der Waals surface area contributed by atoms with Gasteiger partial charge < -0.3 is 15.3 Å². The van der Waals surface area contributed by atoms with Crippen molar-refractivity contribution in [2.24, 2.45) is 5.92 Å². The van der Waals surface area contributed by atoms with Crippen LogP contribution in [-0.2, 0) is 4.84 Å². The Hall–Kier alpha value is -3.84. The Labute approximate surface area is 218 Å². The van der Waals surface area contributed by atoms with Crippen LogP contribution < -0.4 is 15.7 Å². The number of hydroxylamine groups is 1. The maximum atomic E-state index is 14.7. The molecule has 0 saturated carbocycles. The second kappa shape index (κ2) is 11.3. The van der Waals surface area contributed by atoms with Gasteiger partial charge in [-0.1, -0.05) is 13.8 Å². The van der Waals surface area contributed by atoms with Gasteiger partial charge in [-0.25, -0.2) is 28.6 Å². The first-order valence-electron chi connectivity index (χ1n) is 12.2. The number of carbonyl (C=O) groups excluding carboxylic acids is 1. The van der Waals surface area contributed by atoms with Crippen LogP contribution in [0.1, 0.15) is 48.5 Å². The van der Waals surface area contributed by atoms with E-state index in [1.807, 2.05) is 26.4 Å². The smallest absolute Gasteiger partial charge is 0.411 e. The molecule has 4 rings (SSSR count). The number of amides is 2. The highest BCUT2D eigenvalue weighted by Gasteiger charge is 2.29. The molecule has 3 heterocycles. The first-order valence-corrected chi connectivity index (χ1v) is 12.2. The number of piperidine rings is 1. The van der Waals surface area contributed by atoms with Gasteiger partial charge in [-0.2, -0.15) is 5.10 Å². The number of halogens is 2. The summed E-state index contributed by atoms with van der Waals surface area (Å²) >= 11 is 0. The second-order valence-electron chi connectivity index (χ2n) is 9.70. The van der Waals surface area contributed by atoms with Crippen LogP contribution in [-0.4, -0.2) is 70.4 Å². The molecule has 11 nitrogen and oxygen atoms in total. The number of fused-ring (bicyclic) bond motifs is 1. The van der Waals surface area contributed by atoms with Gasteiger partial charge in [-0.15, -0.1) is 0 Å². The predicted molar refractivity (Wildman–Crippen MR) is 137 cm³/mol. The number of hydrogen-bond donors (Lipinski definition) is 3. The number of carbonyl (C=O) groups is 2. The monoisotopic (exact) mass is 531 g/mol. The molecule has 3 N–H and O–H groups in total. The van der Waals surface area contributed by atoms with E-state index in [-0.39, 0.29) is 23.3 Å². The molecule has 0 unspecified atom stereocenters. The number of nitrogens with one attached hydrogen (secondary N) is 2. The molecule has 1 aliphatic rings. The van der Waals surface area contributed by atoms with E-state index in [1.54, 1.807) is 6.20 Å². The summed E-state index contributed by atoms with van der Waals surface area (Å²) in [7, 11) is 3.24. The van der Waals surface area contributed by atoms with Crippen molar-refractivity contribution < 1.29 is 28.3 Å². The molecule has 3 aromatic rings. The van der Waals surface area contributed by atoms with Gasteiger partial charge in [0, 0.05) is 18.2 Å². The van der Waals surface area contributed by atoms with Gasteiger partial charge in [-0.3, -0.25) is 14.5 Å². The molecule has 0 bridgehead atoms. The van der Waals surface area contributed by atoms with Crippen LogP contribution in [0.25, 0.3) is 5.52 Å². The SMILES string of the molecule is CONC(=O)c1cc(Nc2ncnn3cc(N(CC4CCN(C)CC4)C(=O)O)c(C(C)C)c23)c(F)cc1F. The average molecular weight is 532 g/mol. The van der Waals surface area contributed by atoms with Crippen LogP contribution in [0.3, 0.4) is 0 Å². The van der Waals surface area contributed by atoms with Gasteiger partial charge in [0.15, 0.2) is 5.82 Å². The number of likely N-dealkylation sites (tertiary alicyclic amines) is 1. The molecule has 38 heavy (non-hydrogen) atoms. The molecule has 0 radical (unpaired) electrons. The number of nitrogens with zero attached hydrogens (tertiary/aromatic N) is 5. The van der Waals surface area contributed by atoms with Crippen molar-refractivity contribution in [1.29, 1.82) is 0 Å². The maximum Gasteiger partial charge on any atom is 0.411 e. The van der Waals surface area contributed by atoms with Gasteiger partial charge in [0.05, 0.1) is 30.2 Å². The van der Waals surface area contributed by atoms with Crippen LogP contribution in [0.2, 0.25) is 0 Å². The topological polar surface area (TPSA) is 124 Å². The van der Waals surface area contributed by atoms with E-state index < -0.39 is 29.2 Å². The van der Waals surface area contributed by atoms with Gasteiger partial charge >= 0.3 is 6.09 Å². The Kier molecular flexibility index (Phi) is 8.07. The lowest BCUT2D eigenvalue weighted by atomic mass is 9.95. The number of carboxylic acid groups (broad SMARTS) is 1. The highest BCUT2D eigenvalue weighted by Crippen LogP contribution is 2.38. The molecular weight excluding hydrogens is 500 g/mol. The van der Waals surface area contributed by atoms with Gasteiger partial charge in [0.1, 0.15) is 23.5 Å². The average Bonchev–Trinajstić information content (AvgIpc) is 3.25. The maximum absolute atomic E-state index is 14.7. The summed E-state index contributed by atoms with van der Waals surface area (Å²) < 4.78 is 30.5. The minimum Gasteiger partial charge on any atom is -0.465 e. The van der Waals surface area contributed by atoms with Crippen molar-refractivity contribution in [1.82, 2.24) is 25.0 Å². The third-order valence-corrected chi connectivity index (χ3v) is 6.72. The van der Waals surface area contributed by atoms with Crippen LogP contribution in [0.15, 0.2) is 24.7 Å². The van der Waals surface area contributed by atoms with Gasteiger partial charge in [0.25, 0.3) is 5.91 Å². The Bertz CT molecular complexity index is 1340. The number of aromatic nitrogens is 3. The molecule has 1 saturated heterocycles. The lowest BCUT2D eigenvalue weighted by Gasteiger charge is -2.32. The fourth-order valence-corrected chi connectivity index (χ4v) is 4.77. The largest absolute Gasteiger partial charge is 0.465 e. The van der Waals surface area contributed by atoms with Gasteiger partial charge in [-0.05, 0) is 50.9 Å². The fourth-order valence-electron chi connectivity index (χ4n) is 4.77. The molecule has 13 heteroatoms. The normalized spacial score (nSPS) is 14.7. The van der Waals surface area contributed by atoms with Crippen molar-refractivity contribution in [3.05, 3.63) is 47.4 Å². The summed E-state index contributed by atoms with van der Waals surface area (Å²) in [5.74, 6) is -2.67. The Balaban J connectivity index is 1.77. The van der Waals surface area contributed by atoms with E-state index in [2.05, 4.69) is 25.1 Å². The van der Waals surface area contributed by atoms with Crippen molar-refractivity contribution >= 4 is 34.7 Å². The number of anilines is 3. The van der Waals surface area contributed by atoms with Crippen LogP contribution in [0, 0.1) is 17.6 Å². The Morgan fingerprint density at radius 2 is 1.95 bits per heavy atom. The molecule has 2 aromatic heterocycles. The van der Waals surface area contributed by atoms with Crippen molar-refractivity contribution in [2.75, 3.05) is 44.0 Å². The molecule has 0 aliphatic carbocycles. The molecular formula is C25H31F2N7O4. The van der Waals surface area contributed by atoms with E-state index in [0.717, 1.165) is 32.0 Å². The van der Waals surface area contributed by atoms with Crippen molar-refractivity contribution in [2.45, 2.75) is 32.6 Å². The number of benzene rings is 1. The molecule has 1 fully saturated rings. The highest BCUT2D eigenvalue weighted by atomic mass is 19.1. The quantitative estimate of drug-likeness (QED) is 0.373. The summed E-state index contributed by atoms with van der Waals surface area (Å²) in [6.07, 6.45) is 3.56. The predicted octanol–water partition coefficient (Wildman–Crippen LogP) is 3.99. The minimum absolute atomic E-state index is 0.151. The first kappa shape index (κ1) is 27.2. The zero-order chi connectivity index (χ0) is 27.6. The zero-order valence-corrected chi connectivity index (χ0v) is 21.7. The fraction of sp³-hybridized carbons (Fsp3) is 0.440. The number of hydrogen-bond acceptors (Lipinski definition) is 7. The van der Waals surface area contributed by atoms with E-state index in [4.69, 9.17) is 0 Å². The summed E-state index contributed by atoms with van der Waals surface area (Å²) in [4.78, 5) is 36.9. The Morgan fingerprint density at radius 3 is 2.58 bits per heavy atom. The summed E-state index contributed by atoms with van der Waals surface area (Å²) in [5, 5.41) is 17.2. The lowest BCUT2D eigenvalue weighted by Crippen LogP contribution is -2.39. The summed E-state index contributed by atoms with van der Waals surface area (Å²) in [6, 6.07) is 1.60. The van der Waals surface area contributed by atoms with Crippen LogP contribution >= 0.6 is 0 Å². The first-order chi connectivity index (χ1) is 18.1. The molecule has 0 atom stereocenters. The highest BCUT2D eigenvalue weighted by molar-refractivity contribution is 5.95. The van der Waals surface area contributed by atoms with E-state index in [0.29, 0.717) is 29.4 Å². The summed E-state index contributed by atoms with van der Waals surface area (Å²) in [5.41, 5.74) is 2.94. The van der Waals surface area contributed by atoms with E-state index in [1.165, 1.54) is 22.9 Å². The molecule has 2 amide bonds. The van der Waals surface area contributed by atoms with Crippen molar-refractivity contribution in [3.8, 4) is 0 Å². The lowest BCUT2D eigenvalue weighted by molar-refractivity contribution is 0.0533. The third kappa shape index (κ3) is 5.53. The zero-order valence-electron chi connectivity index (χ0n) is 21.7.